The highest BCUT2D eigenvalue weighted by molar-refractivity contribution is 5.51. The molecule has 0 aliphatic carbocycles. The molecule has 0 aliphatic heterocycles. The van der Waals surface area contributed by atoms with Crippen molar-refractivity contribution in [2.24, 2.45) is 0 Å². The van der Waals surface area contributed by atoms with Crippen molar-refractivity contribution in [2.75, 3.05) is 12.8 Å². The molecule has 0 atom stereocenters. The number of para-hydroxylation sites is 2. The van der Waals surface area contributed by atoms with Gasteiger partial charge >= 0.3 is 0 Å². The van der Waals surface area contributed by atoms with Crippen molar-refractivity contribution >= 4 is 5.69 Å². The first-order chi connectivity index (χ1) is 9.22. The zero-order valence-corrected chi connectivity index (χ0v) is 10.8. The minimum absolute atomic E-state index is 0.0301. The number of hydrogen-bond donors (Lipinski definition) is 2. The van der Waals surface area contributed by atoms with Crippen LogP contribution in [0, 0.1) is 0 Å². The standard InChI is InChI=1S/C15H17NO3/c1-18-13-7-11(9-17)6-12(8-13)10-19-15-5-3-2-4-14(15)16/h2-8,17H,9-10,16H2,1H3. The van der Waals surface area contributed by atoms with E-state index >= 15 is 0 Å². The van der Waals surface area contributed by atoms with Gasteiger partial charge in [0.2, 0.25) is 0 Å². The molecule has 19 heavy (non-hydrogen) atoms. The van der Waals surface area contributed by atoms with Crippen molar-refractivity contribution in [1.29, 1.82) is 0 Å². The van der Waals surface area contributed by atoms with E-state index in [1.54, 1.807) is 19.2 Å². The van der Waals surface area contributed by atoms with Crippen molar-refractivity contribution in [3.63, 3.8) is 0 Å². The summed E-state index contributed by atoms with van der Waals surface area (Å²) in [7, 11) is 1.59. The summed E-state index contributed by atoms with van der Waals surface area (Å²) in [6, 6.07) is 12.9. The average Bonchev–Trinajstić information content (AvgIpc) is 2.46. The third-order valence-electron chi connectivity index (χ3n) is 2.76. The number of methoxy groups -OCH3 is 1. The van der Waals surface area contributed by atoms with Gasteiger partial charge in [0.25, 0.3) is 0 Å². The molecule has 2 rings (SSSR count). The number of nitrogen functional groups attached to an aromatic ring is 1. The average molecular weight is 259 g/mol. The predicted molar refractivity (Wildman–Crippen MR) is 74.1 cm³/mol. The maximum Gasteiger partial charge on any atom is 0.142 e. The molecule has 0 aromatic heterocycles. The van der Waals surface area contributed by atoms with Gasteiger partial charge in [0, 0.05) is 0 Å². The van der Waals surface area contributed by atoms with E-state index in [4.69, 9.17) is 15.2 Å². The Morgan fingerprint density at radius 1 is 1.11 bits per heavy atom. The lowest BCUT2D eigenvalue weighted by molar-refractivity contribution is 0.279. The highest BCUT2D eigenvalue weighted by Crippen LogP contribution is 2.23. The first-order valence-electron chi connectivity index (χ1n) is 5.98. The van der Waals surface area contributed by atoms with Gasteiger partial charge in [-0.2, -0.15) is 0 Å². The number of benzene rings is 2. The molecule has 0 radical (unpaired) electrons. The smallest absolute Gasteiger partial charge is 0.142 e. The van der Waals surface area contributed by atoms with Crippen LogP contribution in [0.5, 0.6) is 11.5 Å². The topological polar surface area (TPSA) is 64.7 Å². The van der Waals surface area contributed by atoms with Crippen LogP contribution in [-0.2, 0) is 13.2 Å². The molecule has 0 amide bonds. The van der Waals surface area contributed by atoms with Crippen LogP contribution in [0.4, 0.5) is 5.69 Å². The molecule has 4 heteroatoms. The van der Waals surface area contributed by atoms with E-state index in [9.17, 15) is 5.11 Å². The second-order valence-corrected chi connectivity index (χ2v) is 4.17. The van der Waals surface area contributed by atoms with Crippen LogP contribution in [0.15, 0.2) is 42.5 Å². The highest BCUT2D eigenvalue weighted by Gasteiger charge is 2.03. The summed E-state index contributed by atoms with van der Waals surface area (Å²) in [5, 5.41) is 9.20. The third kappa shape index (κ3) is 3.39. The van der Waals surface area contributed by atoms with Crippen molar-refractivity contribution in [2.45, 2.75) is 13.2 Å². The lowest BCUT2D eigenvalue weighted by Gasteiger charge is -2.11. The largest absolute Gasteiger partial charge is 0.497 e. The molecule has 0 spiro atoms. The number of aliphatic hydroxyl groups excluding tert-OH is 1. The second-order valence-electron chi connectivity index (χ2n) is 4.17. The number of anilines is 1. The maximum absolute atomic E-state index is 9.20. The maximum atomic E-state index is 9.20. The van der Waals surface area contributed by atoms with Crippen molar-refractivity contribution < 1.29 is 14.6 Å². The summed E-state index contributed by atoms with van der Waals surface area (Å²) in [5.41, 5.74) is 8.13. The molecule has 0 fully saturated rings. The van der Waals surface area contributed by atoms with Gasteiger partial charge in [-0.25, -0.2) is 0 Å². The fourth-order valence-electron chi connectivity index (χ4n) is 1.79. The molecule has 100 valence electrons. The van der Waals surface area contributed by atoms with Gasteiger partial charge in [0.05, 0.1) is 19.4 Å². The van der Waals surface area contributed by atoms with Gasteiger partial charge in [-0.15, -0.1) is 0 Å². The van der Waals surface area contributed by atoms with E-state index in [0.717, 1.165) is 11.1 Å². The van der Waals surface area contributed by atoms with E-state index < -0.39 is 0 Å². The fourth-order valence-corrected chi connectivity index (χ4v) is 1.79. The normalized spacial score (nSPS) is 10.2. The van der Waals surface area contributed by atoms with Crippen molar-refractivity contribution in [3.05, 3.63) is 53.6 Å². The van der Waals surface area contributed by atoms with Gasteiger partial charge in [-0.3, -0.25) is 0 Å². The van der Waals surface area contributed by atoms with Crippen LogP contribution in [0.25, 0.3) is 0 Å². The van der Waals surface area contributed by atoms with Crippen LogP contribution in [0.3, 0.4) is 0 Å². The lowest BCUT2D eigenvalue weighted by atomic mass is 10.1. The fraction of sp³-hybridized carbons (Fsp3) is 0.200. The lowest BCUT2D eigenvalue weighted by Crippen LogP contribution is -2.00. The number of aliphatic hydroxyl groups is 1. The molecule has 0 heterocycles. The van der Waals surface area contributed by atoms with Gasteiger partial charge in [0.15, 0.2) is 0 Å². The van der Waals surface area contributed by atoms with Crippen LogP contribution in [0.2, 0.25) is 0 Å². The van der Waals surface area contributed by atoms with E-state index in [2.05, 4.69) is 0 Å². The Labute approximate surface area is 112 Å². The molecular formula is C15H17NO3. The zero-order chi connectivity index (χ0) is 13.7. The van der Waals surface area contributed by atoms with Crippen molar-refractivity contribution in [3.8, 4) is 11.5 Å². The molecule has 3 N–H and O–H groups in total. The summed E-state index contributed by atoms with van der Waals surface area (Å²) in [5.74, 6) is 1.35. The molecule has 0 aliphatic rings. The number of rotatable bonds is 5. The molecule has 4 nitrogen and oxygen atoms in total. The Balaban J connectivity index is 2.13. The number of nitrogens with two attached hydrogens (primary N) is 1. The first kappa shape index (κ1) is 13.2. The van der Waals surface area contributed by atoms with Crippen LogP contribution >= 0.6 is 0 Å². The van der Waals surface area contributed by atoms with Crippen LogP contribution < -0.4 is 15.2 Å². The van der Waals surface area contributed by atoms with E-state index in [-0.39, 0.29) is 6.61 Å². The monoisotopic (exact) mass is 259 g/mol. The quantitative estimate of drug-likeness (QED) is 0.809. The molecule has 0 bridgehead atoms. The SMILES string of the molecule is COc1cc(CO)cc(COc2ccccc2N)c1. The van der Waals surface area contributed by atoms with Gasteiger partial charge < -0.3 is 20.3 Å². The summed E-state index contributed by atoms with van der Waals surface area (Å²) >= 11 is 0. The summed E-state index contributed by atoms with van der Waals surface area (Å²) in [6.07, 6.45) is 0. The van der Waals surface area contributed by atoms with Crippen LogP contribution in [0.1, 0.15) is 11.1 Å². The Kier molecular flexibility index (Phi) is 4.26. The van der Waals surface area contributed by atoms with E-state index in [1.165, 1.54) is 0 Å². The third-order valence-corrected chi connectivity index (χ3v) is 2.76. The minimum atomic E-state index is -0.0301. The van der Waals surface area contributed by atoms with Crippen LogP contribution in [-0.4, -0.2) is 12.2 Å². The number of hydrogen-bond acceptors (Lipinski definition) is 4. The summed E-state index contributed by atoms with van der Waals surface area (Å²) in [4.78, 5) is 0. The van der Waals surface area contributed by atoms with E-state index in [0.29, 0.717) is 23.8 Å². The highest BCUT2D eigenvalue weighted by atomic mass is 16.5. The van der Waals surface area contributed by atoms with E-state index in [1.807, 2.05) is 30.3 Å². The Hall–Kier alpha value is -2.20. The van der Waals surface area contributed by atoms with Gasteiger partial charge in [0.1, 0.15) is 18.1 Å². The molecule has 2 aromatic carbocycles. The predicted octanol–water partition coefficient (Wildman–Crippen LogP) is 2.35. The minimum Gasteiger partial charge on any atom is -0.497 e. The Morgan fingerprint density at radius 3 is 2.53 bits per heavy atom. The molecule has 0 saturated carbocycles. The Morgan fingerprint density at radius 2 is 1.84 bits per heavy atom. The summed E-state index contributed by atoms with van der Waals surface area (Å²) in [6.45, 7) is 0.343. The zero-order valence-electron chi connectivity index (χ0n) is 10.8. The molecule has 0 saturated heterocycles. The molecule has 2 aromatic rings. The number of ether oxygens (including phenoxy) is 2. The Bertz CT molecular complexity index is 533. The molecular weight excluding hydrogens is 242 g/mol. The summed E-state index contributed by atoms with van der Waals surface area (Å²) < 4.78 is 10.8. The second kappa shape index (κ2) is 6.11. The van der Waals surface area contributed by atoms with Gasteiger partial charge in [-0.1, -0.05) is 12.1 Å². The first-order valence-corrected chi connectivity index (χ1v) is 5.98. The van der Waals surface area contributed by atoms with Gasteiger partial charge in [-0.05, 0) is 41.5 Å². The molecule has 0 unspecified atom stereocenters. The van der Waals surface area contributed by atoms with Crippen molar-refractivity contribution in [1.82, 2.24) is 0 Å².